The minimum absolute atomic E-state index is 0.211. The molecule has 17 heavy (non-hydrogen) atoms. The summed E-state index contributed by atoms with van der Waals surface area (Å²) >= 11 is 0. The Kier molecular flexibility index (Phi) is 2.30. The first-order chi connectivity index (χ1) is 8.27. The number of nitrogens with zero attached hydrogens (tertiary/aromatic N) is 2. The van der Waals surface area contributed by atoms with E-state index in [-0.39, 0.29) is 5.41 Å². The Morgan fingerprint density at radius 2 is 2.12 bits per heavy atom. The molecule has 1 aliphatic carbocycles. The van der Waals surface area contributed by atoms with Gasteiger partial charge >= 0.3 is 0 Å². The van der Waals surface area contributed by atoms with Gasteiger partial charge in [0.1, 0.15) is 5.82 Å². The van der Waals surface area contributed by atoms with E-state index in [1.807, 2.05) is 19.4 Å². The first-order valence-corrected chi connectivity index (χ1v) is 6.04. The second-order valence-corrected chi connectivity index (χ2v) is 4.89. The van der Waals surface area contributed by atoms with Crippen molar-refractivity contribution in [1.29, 1.82) is 0 Å². The van der Waals surface area contributed by atoms with Crippen LogP contribution in [0.3, 0.4) is 0 Å². The van der Waals surface area contributed by atoms with Gasteiger partial charge in [-0.2, -0.15) is 0 Å². The Balaban J connectivity index is 2.15. The summed E-state index contributed by atoms with van der Waals surface area (Å²) in [5, 5.41) is 0. The zero-order chi connectivity index (χ0) is 11.9. The standard InChI is InChI=1S/C14H17N3/c1-17-9-8-16-13(17)11-4-2-3-5-12(11)14(10-15)6-7-14/h2-5,8-9H,6-7,10,15H2,1H3. The third-order valence-corrected chi connectivity index (χ3v) is 3.80. The largest absolute Gasteiger partial charge is 0.334 e. The minimum atomic E-state index is 0.211. The SMILES string of the molecule is Cn1ccnc1-c1ccccc1C1(CN)CC1. The molecule has 1 aromatic heterocycles. The number of hydrogen-bond donors (Lipinski definition) is 1. The molecule has 1 aliphatic rings. The molecule has 0 amide bonds. The summed E-state index contributed by atoms with van der Waals surface area (Å²) in [6.07, 6.45) is 6.22. The van der Waals surface area contributed by atoms with Crippen LogP contribution in [0.5, 0.6) is 0 Å². The van der Waals surface area contributed by atoms with Gasteiger partial charge in [0.2, 0.25) is 0 Å². The van der Waals surface area contributed by atoms with Gasteiger partial charge in [-0.15, -0.1) is 0 Å². The molecule has 3 nitrogen and oxygen atoms in total. The van der Waals surface area contributed by atoms with Crippen molar-refractivity contribution in [3.63, 3.8) is 0 Å². The van der Waals surface area contributed by atoms with Gasteiger partial charge in [-0.05, 0) is 18.4 Å². The molecule has 0 spiro atoms. The van der Waals surface area contributed by atoms with E-state index in [0.717, 1.165) is 12.4 Å². The van der Waals surface area contributed by atoms with Crippen LogP contribution < -0.4 is 5.73 Å². The summed E-state index contributed by atoms with van der Waals surface area (Å²) in [5.74, 6) is 1.03. The smallest absolute Gasteiger partial charge is 0.139 e. The van der Waals surface area contributed by atoms with Gasteiger partial charge in [-0.25, -0.2) is 4.98 Å². The van der Waals surface area contributed by atoms with Gasteiger partial charge in [0, 0.05) is 37.0 Å². The van der Waals surface area contributed by atoms with Crippen molar-refractivity contribution in [3.05, 3.63) is 42.2 Å². The fourth-order valence-electron chi connectivity index (χ4n) is 2.50. The number of benzene rings is 1. The molecular weight excluding hydrogens is 210 g/mol. The van der Waals surface area contributed by atoms with Crippen molar-refractivity contribution in [2.75, 3.05) is 6.54 Å². The number of aromatic nitrogens is 2. The van der Waals surface area contributed by atoms with Crippen LogP contribution in [0.4, 0.5) is 0 Å². The number of hydrogen-bond acceptors (Lipinski definition) is 2. The molecule has 1 heterocycles. The maximum Gasteiger partial charge on any atom is 0.139 e. The topological polar surface area (TPSA) is 43.8 Å². The van der Waals surface area contributed by atoms with Crippen molar-refractivity contribution in [2.45, 2.75) is 18.3 Å². The molecule has 0 atom stereocenters. The number of nitrogens with two attached hydrogens (primary N) is 1. The Morgan fingerprint density at radius 1 is 1.35 bits per heavy atom. The van der Waals surface area contributed by atoms with Crippen LogP contribution in [0.25, 0.3) is 11.4 Å². The quantitative estimate of drug-likeness (QED) is 0.872. The summed E-state index contributed by atoms with van der Waals surface area (Å²) in [7, 11) is 2.03. The van der Waals surface area contributed by atoms with E-state index < -0.39 is 0 Å². The van der Waals surface area contributed by atoms with Crippen molar-refractivity contribution in [1.82, 2.24) is 9.55 Å². The molecule has 0 bridgehead atoms. The summed E-state index contributed by atoms with van der Waals surface area (Å²) in [4.78, 5) is 4.44. The molecular formula is C14H17N3. The molecule has 0 radical (unpaired) electrons. The van der Waals surface area contributed by atoms with Crippen LogP contribution in [0.1, 0.15) is 18.4 Å². The van der Waals surface area contributed by atoms with Gasteiger partial charge in [0.05, 0.1) is 0 Å². The van der Waals surface area contributed by atoms with Crippen molar-refractivity contribution >= 4 is 0 Å². The summed E-state index contributed by atoms with van der Waals surface area (Å²) in [5.41, 5.74) is 8.73. The highest BCUT2D eigenvalue weighted by molar-refractivity contribution is 5.64. The lowest BCUT2D eigenvalue weighted by atomic mass is 9.91. The van der Waals surface area contributed by atoms with Crippen molar-refractivity contribution in [3.8, 4) is 11.4 Å². The Bertz CT molecular complexity index is 538. The number of aryl methyl sites for hydroxylation is 1. The second kappa shape index (κ2) is 3.70. The Morgan fingerprint density at radius 3 is 2.71 bits per heavy atom. The van der Waals surface area contributed by atoms with Gasteiger partial charge in [-0.3, -0.25) is 0 Å². The maximum atomic E-state index is 5.93. The van der Waals surface area contributed by atoms with E-state index in [4.69, 9.17) is 5.73 Å². The average Bonchev–Trinajstić information content (AvgIpc) is 3.06. The van der Waals surface area contributed by atoms with E-state index >= 15 is 0 Å². The molecule has 0 unspecified atom stereocenters. The zero-order valence-corrected chi connectivity index (χ0v) is 10.1. The molecule has 1 fully saturated rings. The predicted molar refractivity (Wildman–Crippen MR) is 68.6 cm³/mol. The van der Waals surface area contributed by atoms with E-state index in [1.54, 1.807) is 0 Å². The van der Waals surface area contributed by atoms with Crippen LogP contribution in [0, 0.1) is 0 Å². The molecule has 3 heteroatoms. The van der Waals surface area contributed by atoms with Crippen LogP contribution in [-0.2, 0) is 12.5 Å². The number of rotatable bonds is 3. The zero-order valence-electron chi connectivity index (χ0n) is 10.1. The van der Waals surface area contributed by atoms with Crippen LogP contribution in [0.15, 0.2) is 36.7 Å². The average molecular weight is 227 g/mol. The molecule has 0 saturated heterocycles. The fraction of sp³-hybridized carbons (Fsp3) is 0.357. The monoisotopic (exact) mass is 227 g/mol. The second-order valence-electron chi connectivity index (χ2n) is 4.89. The normalized spacial score (nSPS) is 17.1. The fourth-order valence-corrected chi connectivity index (χ4v) is 2.50. The van der Waals surface area contributed by atoms with E-state index in [1.165, 1.54) is 24.0 Å². The maximum absolute atomic E-state index is 5.93. The summed E-state index contributed by atoms with van der Waals surface area (Å²) < 4.78 is 2.06. The minimum Gasteiger partial charge on any atom is -0.334 e. The number of imidazole rings is 1. The molecule has 1 aromatic carbocycles. The van der Waals surface area contributed by atoms with Crippen molar-refractivity contribution in [2.24, 2.45) is 12.8 Å². The van der Waals surface area contributed by atoms with E-state index in [0.29, 0.717) is 0 Å². The lowest BCUT2D eigenvalue weighted by Crippen LogP contribution is -2.20. The summed E-state index contributed by atoms with van der Waals surface area (Å²) in [6, 6.07) is 8.51. The molecule has 88 valence electrons. The highest BCUT2D eigenvalue weighted by atomic mass is 15.0. The molecule has 1 saturated carbocycles. The van der Waals surface area contributed by atoms with Crippen molar-refractivity contribution < 1.29 is 0 Å². The van der Waals surface area contributed by atoms with E-state index in [2.05, 4.69) is 33.8 Å². The Hall–Kier alpha value is -1.61. The van der Waals surface area contributed by atoms with Gasteiger partial charge in [0.25, 0.3) is 0 Å². The first-order valence-electron chi connectivity index (χ1n) is 6.04. The van der Waals surface area contributed by atoms with Crippen LogP contribution >= 0.6 is 0 Å². The van der Waals surface area contributed by atoms with Crippen LogP contribution in [-0.4, -0.2) is 16.1 Å². The lowest BCUT2D eigenvalue weighted by molar-refractivity contribution is 0.704. The first kappa shape index (κ1) is 10.5. The summed E-state index contributed by atoms with van der Waals surface area (Å²) in [6.45, 7) is 0.731. The molecule has 3 rings (SSSR count). The van der Waals surface area contributed by atoms with Gasteiger partial charge in [0.15, 0.2) is 0 Å². The lowest BCUT2D eigenvalue weighted by Gasteiger charge is -2.17. The highest BCUT2D eigenvalue weighted by Crippen LogP contribution is 2.49. The third-order valence-electron chi connectivity index (χ3n) is 3.80. The molecule has 0 aliphatic heterocycles. The van der Waals surface area contributed by atoms with Crippen LogP contribution in [0.2, 0.25) is 0 Å². The predicted octanol–water partition coefficient (Wildman–Crippen LogP) is 2.08. The third kappa shape index (κ3) is 1.58. The van der Waals surface area contributed by atoms with E-state index in [9.17, 15) is 0 Å². The van der Waals surface area contributed by atoms with Gasteiger partial charge in [-0.1, -0.05) is 24.3 Å². The highest BCUT2D eigenvalue weighted by Gasteiger charge is 2.44. The molecule has 2 aromatic rings. The molecule has 2 N–H and O–H groups in total. The Labute approximate surface area is 101 Å². The van der Waals surface area contributed by atoms with Gasteiger partial charge < -0.3 is 10.3 Å².